The number of hydrogen-bond donors (Lipinski definition) is 2. The lowest BCUT2D eigenvalue weighted by atomic mass is 9.98. The average molecular weight is 376 g/mol. The predicted molar refractivity (Wildman–Crippen MR) is 96.8 cm³/mol. The van der Waals surface area contributed by atoms with E-state index in [1.165, 1.54) is 6.20 Å². The Kier molecular flexibility index (Phi) is 4.26. The molecular formula is C18H21FN4O4. The Morgan fingerprint density at radius 1 is 1.41 bits per heavy atom. The number of halogens is 1. The molecule has 8 nitrogen and oxygen atoms in total. The number of carboxylic acid groups (broad SMARTS) is 1. The van der Waals surface area contributed by atoms with Gasteiger partial charge in [0.05, 0.1) is 11.6 Å². The van der Waals surface area contributed by atoms with Crippen LogP contribution in [0.15, 0.2) is 17.1 Å². The summed E-state index contributed by atoms with van der Waals surface area (Å²) in [7, 11) is 0. The molecule has 9 heteroatoms. The monoisotopic (exact) mass is 376 g/mol. The van der Waals surface area contributed by atoms with Gasteiger partial charge in [-0.2, -0.15) is 0 Å². The number of ether oxygens (including phenoxy) is 1. The van der Waals surface area contributed by atoms with Crippen molar-refractivity contribution in [2.45, 2.75) is 57.3 Å². The zero-order chi connectivity index (χ0) is 19.3. The fraction of sp³-hybridized carbons (Fsp3) is 0.500. The third kappa shape index (κ3) is 2.91. The second kappa shape index (κ2) is 6.49. The first kappa shape index (κ1) is 17.7. The summed E-state index contributed by atoms with van der Waals surface area (Å²) in [5.74, 6) is -0.729. The third-order valence-corrected chi connectivity index (χ3v) is 5.50. The number of nitrogens with two attached hydrogens (primary N) is 1. The third-order valence-electron chi connectivity index (χ3n) is 5.50. The molecule has 2 aromatic heterocycles. The molecule has 0 radical (unpaired) electrons. The maximum atomic E-state index is 14.9. The molecule has 2 unspecified atom stereocenters. The van der Waals surface area contributed by atoms with E-state index in [0.717, 1.165) is 31.7 Å². The van der Waals surface area contributed by atoms with Gasteiger partial charge in [0.1, 0.15) is 5.65 Å². The highest BCUT2D eigenvalue weighted by atomic mass is 19.1. The van der Waals surface area contributed by atoms with Crippen LogP contribution in [0.1, 0.15) is 32.6 Å². The van der Waals surface area contributed by atoms with Crippen LogP contribution >= 0.6 is 0 Å². The molecule has 2 saturated heterocycles. The minimum atomic E-state index is -1.60. The molecule has 0 spiro atoms. The number of piperidine rings is 1. The first-order valence-electron chi connectivity index (χ1n) is 9.07. The summed E-state index contributed by atoms with van der Waals surface area (Å²) in [6, 6.07) is 1.55. The number of aryl methyl sites for hydroxylation is 1. The van der Waals surface area contributed by atoms with E-state index in [1.54, 1.807) is 4.57 Å². The normalized spacial score (nSPS) is 24.4. The van der Waals surface area contributed by atoms with Gasteiger partial charge in [0.15, 0.2) is 17.4 Å². The summed E-state index contributed by atoms with van der Waals surface area (Å²) in [5, 5.41) is 8.80. The fourth-order valence-corrected chi connectivity index (χ4v) is 4.40. The maximum absolute atomic E-state index is 14.9. The van der Waals surface area contributed by atoms with Crippen molar-refractivity contribution in [1.82, 2.24) is 9.55 Å². The Labute approximate surface area is 154 Å². The van der Waals surface area contributed by atoms with Crippen LogP contribution in [0, 0.1) is 5.82 Å². The van der Waals surface area contributed by atoms with Crippen molar-refractivity contribution < 1.29 is 19.0 Å². The summed E-state index contributed by atoms with van der Waals surface area (Å²) in [4.78, 5) is 29.8. The number of anilines is 1. The van der Waals surface area contributed by atoms with Crippen molar-refractivity contribution >= 4 is 23.0 Å². The summed E-state index contributed by atoms with van der Waals surface area (Å²) in [6.45, 7) is 2.24. The van der Waals surface area contributed by atoms with Crippen LogP contribution in [0.4, 0.5) is 15.0 Å². The van der Waals surface area contributed by atoms with Gasteiger partial charge in [0.2, 0.25) is 5.43 Å². The van der Waals surface area contributed by atoms with E-state index in [2.05, 4.69) is 9.72 Å². The number of pyridine rings is 2. The molecule has 4 rings (SSSR count). The molecule has 2 aliphatic heterocycles. The minimum Gasteiger partial charge on any atom is -0.449 e. The molecule has 27 heavy (non-hydrogen) atoms. The summed E-state index contributed by atoms with van der Waals surface area (Å²) in [6.07, 6.45) is 3.19. The van der Waals surface area contributed by atoms with Gasteiger partial charge in [-0.05, 0) is 38.7 Å². The highest BCUT2D eigenvalue weighted by Crippen LogP contribution is 2.39. The van der Waals surface area contributed by atoms with Crippen LogP contribution in [0.25, 0.3) is 11.0 Å². The van der Waals surface area contributed by atoms with Crippen LogP contribution in [0.2, 0.25) is 0 Å². The SMILES string of the molecule is CCn1cc(OC(=O)O)c(=O)c2cc(F)c(N3C4CCC3CC(N)C4)nc21. The molecule has 144 valence electrons. The smallest absolute Gasteiger partial charge is 0.449 e. The van der Waals surface area contributed by atoms with Crippen molar-refractivity contribution in [3.8, 4) is 5.75 Å². The van der Waals surface area contributed by atoms with E-state index in [4.69, 9.17) is 10.8 Å². The quantitative estimate of drug-likeness (QED) is 0.789. The van der Waals surface area contributed by atoms with E-state index in [-0.39, 0.29) is 35.1 Å². The molecule has 2 aliphatic rings. The van der Waals surface area contributed by atoms with Gasteiger partial charge in [-0.15, -0.1) is 0 Å². The Hall–Kier alpha value is -2.68. The number of hydrogen-bond acceptors (Lipinski definition) is 6. The van der Waals surface area contributed by atoms with Crippen molar-refractivity contribution in [3.63, 3.8) is 0 Å². The molecule has 4 heterocycles. The van der Waals surface area contributed by atoms with Gasteiger partial charge in [-0.25, -0.2) is 14.2 Å². The van der Waals surface area contributed by atoms with Crippen molar-refractivity contribution in [2.24, 2.45) is 5.73 Å². The average Bonchev–Trinajstić information content (AvgIpc) is 2.87. The molecule has 2 bridgehead atoms. The number of rotatable bonds is 3. The number of nitrogens with zero attached hydrogens (tertiary/aromatic N) is 3. The van der Waals surface area contributed by atoms with Crippen molar-refractivity contribution in [1.29, 1.82) is 0 Å². The Morgan fingerprint density at radius 3 is 2.67 bits per heavy atom. The van der Waals surface area contributed by atoms with E-state index in [0.29, 0.717) is 12.2 Å². The molecule has 2 fully saturated rings. The number of carbonyl (C=O) groups is 1. The maximum Gasteiger partial charge on any atom is 0.511 e. The van der Waals surface area contributed by atoms with E-state index in [1.807, 2.05) is 11.8 Å². The Morgan fingerprint density at radius 2 is 2.07 bits per heavy atom. The highest BCUT2D eigenvalue weighted by molar-refractivity contribution is 5.80. The summed E-state index contributed by atoms with van der Waals surface area (Å²) in [5.41, 5.74) is 5.71. The standard InChI is InChI=1S/C18H21FN4O4/c1-2-22-8-14(27-18(25)26)15(24)12-7-13(19)17(21-16(12)22)23-10-3-4-11(23)6-9(20)5-10/h7-11H,2-6,20H2,1H3,(H,25,26). The topological polar surface area (TPSA) is 111 Å². The number of aromatic nitrogens is 2. The molecular weight excluding hydrogens is 355 g/mol. The van der Waals surface area contributed by atoms with Crippen molar-refractivity contribution in [3.05, 3.63) is 28.3 Å². The largest absolute Gasteiger partial charge is 0.511 e. The number of fused-ring (bicyclic) bond motifs is 3. The van der Waals surface area contributed by atoms with Gasteiger partial charge in [0.25, 0.3) is 0 Å². The first-order chi connectivity index (χ1) is 12.9. The van der Waals surface area contributed by atoms with Crippen molar-refractivity contribution in [2.75, 3.05) is 4.90 Å². The van der Waals surface area contributed by atoms with Crippen LogP contribution in [-0.4, -0.2) is 38.9 Å². The fourth-order valence-electron chi connectivity index (χ4n) is 4.40. The zero-order valence-electron chi connectivity index (χ0n) is 14.9. The summed E-state index contributed by atoms with van der Waals surface area (Å²) < 4.78 is 21.1. The van der Waals surface area contributed by atoms with E-state index < -0.39 is 17.4 Å². The molecule has 0 amide bonds. The van der Waals surface area contributed by atoms with Gasteiger partial charge in [0, 0.05) is 24.7 Å². The second-order valence-corrected chi connectivity index (χ2v) is 7.17. The van der Waals surface area contributed by atoms with E-state index >= 15 is 0 Å². The van der Waals surface area contributed by atoms with Crippen LogP contribution < -0.4 is 20.8 Å². The molecule has 0 aromatic carbocycles. The van der Waals surface area contributed by atoms with Gasteiger partial charge >= 0.3 is 6.16 Å². The predicted octanol–water partition coefficient (Wildman–Crippen LogP) is 2.07. The molecule has 2 atom stereocenters. The van der Waals surface area contributed by atoms with Gasteiger partial charge in [-0.1, -0.05) is 0 Å². The summed E-state index contributed by atoms with van der Waals surface area (Å²) >= 11 is 0. The van der Waals surface area contributed by atoms with Gasteiger partial charge in [-0.3, -0.25) is 4.79 Å². The first-order valence-corrected chi connectivity index (χ1v) is 9.07. The van der Waals surface area contributed by atoms with E-state index in [9.17, 15) is 14.0 Å². The Bertz CT molecular complexity index is 962. The lowest BCUT2D eigenvalue weighted by Gasteiger charge is -2.38. The lowest BCUT2D eigenvalue weighted by Crippen LogP contribution is -2.48. The van der Waals surface area contributed by atoms with Crippen LogP contribution in [0.5, 0.6) is 5.75 Å². The highest BCUT2D eigenvalue weighted by Gasteiger charge is 2.41. The van der Waals surface area contributed by atoms with Gasteiger partial charge < -0.3 is 25.0 Å². The minimum absolute atomic E-state index is 0.00194. The lowest BCUT2D eigenvalue weighted by molar-refractivity contribution is 0.144. The molecule has 3 N–H and O–H groups in total. The van der Waals surface area contributed by atoms with Crippen LogP contribution in [-0.2, 0) is 6.54 Å². The zero-order valence-corrected chi connectivity index (χ0v) is 14.9. The Balaban J connectivity index is 1.87. The molecule has 0 aliphatic carbocycles. The molecule has 0 saturated carbocycles. The van der Waals surface area contributed by atoms with Crippen LogP contribution in [0.3, 0.4) is 0 Å². The molecule has 2 aromatic rings. The second-order valence-electron chi connectivity index (χ2n) is 7.17.